The molecule has 1 aromatic rings. The van der Waals surface area contributed by atoms with Gasteiger partial charge in [-0.15, -0.1) is 5.10 Å². The SMILES string of the molecule is CN1CCCC1Cc1cc(Br)c(N)nn1. The number of hydrogen-bond donors (Lipinski definition) is 1. The van der Waals surface area contributed by atoms with Crippen LogP contribution >= 0.6 is 15.9 Å². The van der Waals surface area contributed by atoms with E-state index < -0.39 is 0 Å². The molecule has 1 fully saturated rings. The lowest BCUT2D eigenvalue weighted by Crippen LogP contribution is -2.27. The van der Waals surface area contributed by atoms with Gasteiger partial charge in [0.05, 0.1) is 10.2 Å². The molecule has 0 spiro atoms. The predicted octanol–water partition coefficient (Wildman–Crippen LogP) is 1.46. The number of aromatic nitrogens is 2. The Hall–Kier alpha value is -0.680. The highest BCUT2D eigenvalue weighted by Gasteiger charge is 2.21. The Bertz CT molecular complexity index is 355. The van der Waals surface area contributed by atoms with Crippen molar-refractivity contribution in [2.75, 3.05) is 19.3 Å². The molecule has 0 bridgehead atoms. The number of nitrogens with two attached hydrogens (primary N) is 1. The van der Waals surface area contributed by atoms with E-state index in [0.717, 1.165) is 16.6 Å². The summed E-state index contributed by atoms with van der Waals surface area (Å²) >= 11 is 3.37. The molecule has 15 heavy (non-hydrogen) atoms. The molecule has 1 atom stereocenters. The lowest BCUT2D eigenvalue weighted by molar-refractivity contribution is 0.307. The summed E-state index contributed by atoms with van der Waals surface area (Å²) in [6.45, 7) is 1.19. The summed E-state index contributed by atoms with van der Waals surface area (Å²) in [5.41, 5.74) is 6.60. The average molecular weight is 271 g/mol. The van der Waals surface area contributed by atoms with Gasteiger partial charge >= 0.3 is 0 Å². The van der Waals surface area contributed by atoms with Gasteiger partial charge in [0.25, 0.3) is 0 Å². The van der Waals surface area contributed by atoms with Gasteiger partial charge in [-0.2, -0.15) is 5.10 Å². The largest absolute Gasteiger partial charge is 0.381 e. The molecule has 82 valence electrons. The third-order valence-corrected chi connectivity index (χ3v) is 3.58. The van der Waals surface area contributed by atoms with Crippen LogP contribution in [0.2, 0.25) is 0 Å². The van der Waals surface area contributed by atoms with Gasteiger partial charge in [0, 0.05) is 12.5 Å². The monoisotopic (exact) mass is 270 g/mol. The van der Waals surface area contributed by atoms with Gasteiger partial charge in [0.2, 0.25) is 0 Å². The van der Waals surface area contributed by atoms with Crippen molar-refractivity contribution in [2.24, 2.45) is 0 Å². The van der Waals surface area contributed by atoms with Gasteiger partial charge < -0.3 is 10.6 Å². The molecule has 2 N–H and O–H groups in total. The van der Waals surface area contributed by atoms with Crippen molar-refractivity contribution >= 4 is 21.7 Å². The zero-order valence-electron chi connectivity index (χ0n) is 8.78. The van der Waals surface area contributed by atoms with Crippen molar-refractivity contribution in [3.05, 3.63) is 16.2 Å². The van der Waals surface area contributed by atoms with Gasteiger partial charge in [-0.25, -0.2) is 0 Å². The number of anilines is 1. The number of likely N-dealkylation sites (tertiary alicyclic amines) is 1. The predicted molar refractivity (Wildman–Crippen MR) is 63.5 cm³/mol. The highest BCUT2D eigenvalue weighted by molar-refractivity contribution is 9.10. The first-order valence-electron chi connectivity index (χ1n) is 5.14. The fraction of sp³-hybridized carbons (Fsp3) is 0.600. The van der Waals surface area contributed by atoms with E-state index in [1.165, 1.54) is 19.4 Å². The highest BCUT2D eigenvalue weighted by Crippen LogP contribution is 2.21. The van der Waals surface area contributed by atoms with E-state index in [1.807, 2.05) is 6.07 Å². The summed E-state index contributed by atoms with van der Waals surface area (Å²) in [5, 5.41) is 8.01. The number of nitrogens with zero attached hydrogens (tertiary/aromatic N) is 3. The van der Waals surface area contributed by atoms with E-state index >= 15 is 0 Å². The summed E-state index contributed by atoms with van der Waals surface area (Å²) < 4.78 is 0.841. The molecular formula is C10H15BrN4. The fourth-order valence-electron chi connectivity index (χ4n) is 1.99. The molecule has 1 aliphatic heterocycles. The lowest BCUT2D eigenvalue weighted by Gasteiger charge is -2.18. The quantitative estimate of drug-likeness (QED) is 0.884. The van der Waals surface area contributed by atoms with Gasteiger partial charge in [-0.1, -0.05) is 0 Å². The first-order chi connectivity index (χ1) is 7.16. The molecule has 1 saturated heterocycles. The topological polar surface area (TPSA) is 55.0 Å². The van der Waals surface area contributed by atoms with Crippen molar-refractivity contribution < 1.29 is 0 Å². The molecule has 1 aromatic heterocycles. The van der Waals surface area contributed by atoms with Crippen LogP contribution in [0.3, 0.4) is 0 Å². The van der Waals surface area contributed by atoms with Crippen LogP contribution in [0.15, 0.2) is 10.5 Å². The fourth-order valence-corrected chi connectivity index (χ4v) is 2.34. The minimum atomic E-state index is 0.457. The van der Waals surface area contributed by atoms with E-state index in [1.54, 1.807) is 0 Å². The summed E-state index contributed by atoms with van der Waals surface area (Å²) in [6, 6.07) is 2.57. The van der Waals surface area contributed by atoms with Crippen molar-refractivity contribution in [3.63, 3.8) is 0 Å². The lowest BCUT2D eigenvalue weighted by atomic mass is 10.1. The van der Waals surface area contributed by atoms with E-state index in [9.17, 15) is 0 Å². The smallest absolute Gasteiger partial charge is 0.160 e. The molecule has 0 saturated carbocycles. The second kappa shape index (κ2) is 4.45. The Morgan fingerprint density at radius 2 is 2.40 bits per heavy atom. The van der Waals surface area contributed by atoms with Crippen LogP contribution in [0, 0.1) is 0 Å². The van der Waals surface area contributed by atoms with Crippen LogP contribution in [0.25, 0.3) is 0 Å². The maximum atomic E-state index is 5.59. The van der Waals surface area contributed by atoms with Crippen molar-refractivity contribution in [1.82, 2.24) is 15.1 Å². The summed E-state index contributed by atoms with van der Waals surface area (Å²) in [7, 11) is 2.16. The van der Waals surface area contributed by atoms with Crippen LogP contribution in [0.1, 0.15) is 18.5 Å². The number of rotatable bonds is 2. The van der Waals surface area contributed by atoms with Crippen LogP contribution < -0.4 is 5.73 Å². The molecule has 1 aliphatic rings. The minimum absolute atomic E-state index is 0.457. The minimum Gasteiger partial charge on any atom is -0.381 e. The maximum Gasteiger partial charge on any atom is 0.160 e. The van der Waals surface area contributed by atoms with Crippen molar-refractivity contribution in [2.45, 2.75) is 25.3 Å². The Kier molecular flexibility index (Phi) is 3.21. The maximum absolute atomic E-state index is 5.59. The normalized spacial score (nSPS) is 22.1. The zero-order chi connectivity index (χ0) is 10.8. The van der Waals surface area contributed by atoms with Crippen molar-refractivity contribution in [1.29, 1.82) is 0 Å². The Morgan fingerprint density at radius 1 is 1.60 bits per heavy atom. The van der Waals surface area contributed by atoms with Gasteiger partial charge in [0.1, 0.15) is 0 Å². The molecule has 0 radical (unpaired) electrons. The molecule has 5 heteroatoms. The molecule has 2 rings (SSSR count). The molecule has 0 amide bonds. The molecule has 4 nitrogen and oxygen atoms in total. The first kappa shape index (κ1) is 10.8. The molecular weight excluding hydrogens is 256 g/mol. The second-order valence-corrected chi connectivity index (χ2v) is 4.90. The van der Waals surface area contributed by atoms with Crippen LogP contribution in [-0.2, 0) is 6.42 Å². The van der Waals surface area contributed by atoms with Gasteiger partial charge in [-0.3, -0.25) is 0 Å². The van der Waals surface area contributed by atoms with Gasteiger partial charge in [0.15, 0.2) is 5.82 Å². The molecule has 1 unspecified atom stereocenters. The van der Waals surface area contributed by atoms with E-state index in [2.05, 4.69) is 38.1 Å². The third-order valence-electron chi connectivity index (χ3n) is 2.94. The van der Waals surface area contributed by atoms with Crippen LogP contribution in [0.5, 0.6) is 0 Å². The van der Waals surface area contributed by atoms with Gasteiger partial charge in [-0.05, 0) is 48.4 Å². The summed E-state index contributed by atoms with van der Waals surface area (Å²) in [4.78, 5) is 2.38. The summed E-state index contributed by atoms with van der Waals surface area (Å²) in [5.74, 6) is 0.457. The van der Waals surface area contributed by atoms with Crippen LogP contribution in [0.4, 0.5) is 5.82 Å². The number of likely N-dealkylation sites (N-methyl/N-ethyl adjacent to an activating group) is 1. The zero-order valence-corrected chi connectivity index (χ0v) is 10.4. The van der Waals surface area contributed by atoms with E-state index in [0.29, 0.717) is 11.9 Å². The van der Waals surface area contributed by atoms with E-state index in [-0.39, 0.29) is 0 Å². The standard InChI is InChI=1S/C10H15BrN4/c1-15-4-2-3-8(15)5-7-6-9(11)10(12)14-13-7/h6,8H,2-5H2,1H3,(H2,12,14). The Labute approximate surface area is 98.0 Å². The number of nitrogen functional groups attached to an aromatic ring is 1. The Balaban J connectivity index is 2.07. The summed E-state index contributed by atoms with van der Waals surface area (Å²) in [6.07, 6.45) is 3.49. The second-order valence-electron chi connectivity index (χ2n) is 4.05. The number of halogens is 1. The molecule has 0 aromatic carbocycles. The highest BCUT2D eigenvalue weighted by atomic mass is 79.9. The Morgan fingerprint density at radius 3 is 3.00 bits per heavy atom. The first-order valence-corrected chi connectivity index (χ1v) is 5.94. The molecule has 2 heterocycles. The number of hydrogen-bond acceptors (Lipinski definition) is 4. The van der Waals surface area contributed by atoms with E-state index in [4.69, 9.17) is 5.73 Å². The third kappa shape index (κ3) is 2.46. The van der Waals surface area contributed by atoms with Crippen molar-refractivity contribution in [3.8, 4) is 0 Å². The molecule has 0 aliphatic carbocycles. The van der Waals surface area contributed by atoms with Crippen LogP contribution in [-0.4, -0.2) is 34.7 Å². The average Bonchev–Trinajstić information content (AvgIpc) is 2.59.